The third kappa shape index (κ3) is 8.02. The van der Waals surface area contributed by atoms with Crippen LogP contribution in [0.15, 0.2) is 89.9 Å². The number of hydrogen-bond donors (Lipinski definition) is 0. The summed E-state index contributed by atoms with van der Waals surface area (Å²) in [6, 6.07) is 27.8. The first-order valence-corrected chi connectivity index (χ1v) is 16.7. The molecule has 3 unspecified atom stereocenters. The Morgan fingerprint density at radius 1 is 1.00 bits per heavy atom. The monoisotopic (exact) mass is 617 g/mol. The largest absolute Gasteiger partial charge is 0.510 e. The number of carbonyl (C=O) groups is 1. The number of benzene rings is 3. The molecule has 6 nitrogen and oxygen atoms in total. The quantitative estimate of drug-likeness (QED) is 0.192. The molecule has 5 rings (SSSR count). The molecule has 234 valence electrons. The van der Waals surface area contributed by atoms with E-state index >= 15 is 0 Å². The zero-order chi connectivity index (χ0) is 30.9. The van der Waals surface area contributed by atoms with E-state index in [9.17, 15) is 9.18 Å². The minimum atomic E-state index is -1.05. The first kappa shape index (κ1) is 32.0. The van der Waals surface area contributed by atoms with Crippen LogP contribution in [0.5, 0.6) is 0 Å². The second kappa shape index (κ2) is 15.1. The molecule has 0 aromatic heterocycles. The molecule has 1 aliphatic carbocycles. The predicted molar refractivity (Wildman–Crippen MR) is 176 cm³/mol. The third-order valence-corrected chi connectivity index (χ3v) is 10.2. The Balaban J connectivity index is 1.34. The van der Waals surface area contributed by atoms with Gasteiger partial charge in [-0.3, -0.25) is 0 Å². The second-order valence-corrected chi connectivity index (χ2v) is 13.3. The smallest absolute Gasteiger partial charge is 0.438 e. The molecule has 3 aromatic rings. The lowest BCUT2D eigenvalue weighted by atomic mass is 9.74. The van der Waals surface area contributed by atoms with Gasteiger partial charge in [0.25, 0.3) is 0 Å². The molecule has 8 heteroatoms. The summed E-state index contributed by atoms with van der Waals surface area (Å²) in [4.78, 5) is 22.1. The van der Waals surface area contributed by atoms with Gasteiger partial charge in [0.15, 0.2) is 0 Å². The van der Waals surface area contributed by atoms with Crippen LogP contribution in [0.2, 0.25) is 0 Å². The van der Waals surface area contributed by atoms with Crippen LogP contribution in [-0.4, -0.2) is 61.0 Å². The van der Waals surface area contributed by atoms with Crippen LogP contribution in [0.3, 0.4) is 0 Å². The van der Waals surface area contributed by atoms with E-state index in [2.05, 4.69) is 48.2 Å². The van der Waals surface area contributed by atoms with E-state index in [0.29, 0.717) is 24.1 Å². The fourth-order valence-corrected chi connectivity index (χ4v) is 8.08. The first-order valence-electron chi connectivity index (χ1n) is 15.5. The van der Waals surface area contributed by atoms with E-state index in [1.807, 2.05) is 54.9 Å². The van der Waals surface area contributed by atoms with Crippen molar-refractivity contribution in [3.63, 3.8) is 0 Å². The Kier molecular flexibility index (Phi) is 11.0. The van der Waals surface area contributed by atoms with E-state index in [1.165, 1.54) is 24.3 Å². The number of rotatable bonds is 12. The molecule has 0 N–H and O–H groups in total. The number of ether oxygens (including phenoxy) is 2. The normalized spacial score (nSPS) is 23.9. The number of aliphatic imine (C=N–C) groups is 1. The molecule has 3 aromatic carbocycles. The first-order chi connectivity index (χ1) is 21.4. The number of thioether (sulfide) groups is 1. The summed E-state index contributed by atoms with van der Waals surface area (Å²) in [6.07, 6.45) is 6.27. The Labute approximate surface area is 265 Å². The highest BCUT2D eigenvalue weighted by atomic mass is 32.2. The number of hydrogen-bond acceptors (Lipinski definition) is 7. The fraction of sp³-hybridized carbons (Fsp3) is 0.444. The summed E-state index contributed by atoms with van der Waals surface area (Å²) in [7, 11) is 5.53. The van der Waals surface area contributed by atoms with Crippen molar-refractivity contribution < 1.29 is 18.7 Å². The summed E-state index contributed by atoms with van der Waals surface area (Å²) in [5.41, 5.74) is 2.39. The lowest BCUT2D eigenvalue weighted by Gasteiger charge is -2.41. The third-order valence-electron chi connectivity index (χ3n) is 9.04. The van der Waals surface area contributed by atoms with Crippen molar-refractivity contribution in [3.8, 4) is 0 Å². The molecular weight excluding hydrogens is 573 g/mol. The molecule has 1 fully saturated rings. The molecule has 44 heavy (non-hydrogen) atoms. The summed E-state index contributed by atoms with van der Waals surface area (Å²) in [6.45, 7) is 0.683. The van der Waals surface area contributed by atoms with Gasteiger partial charge in [-0.25, -0.2) is 14.2 Å². The molecular formula is C36H44FN3O3S. The Bertz CT molecular complexity index is 1370. The van der Waals surface area contributed by atoms with Crippen LogP contribution >= 0.6 is 11.8 Å². The van der Waals surface area contributed by atoms with Gasteiger partial charge in [0, 0.05) is 18.3 Å². The Morgan fingerprint density at radius 2 is 1.68 bits per heavy atom. The van der Waals surface area contributed by atoms with E-state index in [-0.39, 0.29) is 17.9 Å². The van der Waals surface area contributed by atoms with Crippen molar-refractivity contribution in [1.29, 1.82) is 0 Å². The molecule has 1 saturated carbocycles. The molecule has 0 radical (unpaired) electrons. The zero-order valence-electron chi connectivity index (χ0n) is 26.0. The van der Waals surface area contributed by atoms with Gasteiger partial charge in [-0.1, -0.05) is 85.6 Å². The van der Waals surface area contributed by atoms with Crippen molar-refractivity contribution in [2.24, 2.45) is 16.8 Å². The number of halogens is 1. The van der Waals surface area contributed by atoms with Crippen molar-refractivity contribution in [3.05, 3.63) is 107 Å². The van der Waals surface area contributed by atoms with Crippen LogP contribution in [0, 0.1) is 17.7 Å². The predicted octanol–water partition coefficient (Wildman–Crippen LogP) is 7.95. The van der Waals surface area contributed by atoms with E-state index < -0.39 is 11.9 Å². The van der Waals surface area contributed by atoms with Gasteiger partial charge in [-0.15, -0.1) is 0 Å². The zero-order valence-corrected chi connectivity index (χ0v) is 26.8. The highest BCUT2D eigenvalue weighted by Crippen LogP contribution is 2.44. The van der Waals surface area contributed by atoms with E-state index in [1.54, 1.807) is 17.8 Å². The van der Waals surface area contributed by atoms with E-state index in [0.717, 1.165) is 43.4 Å². The van der Waals surface area contributed by atoms with Crippen LogP contribution in [0.1, 0.15) is 54.8 Å². The Hall–Kier alpha value is -3.36. The minimum Gasteiger partial charge on any atom is -0.438 e. The maximum atomic E-state index is 14.1. The van der Waals surface area contributed by atoms with Gasteiger partial charge < -0.3 is 19.3 Å². The van der Waals surface area contributed by atoms with Crippen LogP contribution < -0.4 is 0 Å². The van der Waals surface area contributed by atoms with Gasteiger partial charge in [-0.2, -0.15) is 11.8 Å². The number of nitrogens with zero attached hydrogens (tertiary/aromatic N) is 3. The molecule has 0 amide bonds. The van der Waals surface area contributed by atoms with Gasteiger partial charge in [0.05, 0.1) is 25.2 Å². The molecule has 3 atom stereocenters. The minimum absolute atomic E-state index is 0.125. The average Bonchev–Trinajstić information content (AvgIpc) is 3.34. The Morgan fingerprint density at radius 3 is 2.32 bits per heavy atom. The maximum Gasteiger partial charge on any atom is 0.510 e. The van der Waals surface area contributed by atoms with Crippen LogP contribution in [0.25, 0.3) is 0 Å². The standard InChI is InChI=1S/C36H44FN3O3S/c1-39(2)34(31-15-10-16-32(37)22-31)30-19-17-27(18-20-30)21-33-36(43-35(41)42-3,25-44-24-29-13-8-5-9-14-29)38-26-40(33)23-28-11-6-4-7-12-28/h4-16,22,26-27,30,33-34H,17-21,23-25H2,1-3H3. The maximum absolute atomic E-state index is 14.1. The highest BCUT2D eigenvalue weighted by molar-refractivity contribution is 7.98. The van der Waals surface area contributed by atoms with Gasteiger partial charge in [-0.05, 0) is 74.0 Å². The van der Waals surface area contributed by atoms with Gasteiger partial charge >= 0.3 is 6.16 Å². The summed E-state index contributed by atoms with van der Waals surface area (Å²) in [5.74, 6) is 2.04. The number of methoxy groups -OCH3 is 1. The van der Waals surface area contributed by atoms with Crippen molar-refractivity contribution in [2.45, 2.75) is 62.2 Å². The summed E-state index contributed by atoms with van der Waals surface area (Å²) >= 11 is 1.73. The van der Waals surface area contributed by atoms with Crippen molar-refractivity contribution in [2.75, 3.05) is 27.0 Å². The lowest BCUT2D eigenvalue weighted by molar-refractivity contribution is -0.0443. The second-order valence-electron chi connectivity index (χ2n) is 12.3. The molecule has 1 heterocycles. The van der Waals surface area contributed by atoms with Gasteiger partial charge in [0.2, 0.25) is 5.72 Å². The molecule has 1 aliphatic heterocycles. The average molecular weight is 618 g/mol. The molecule has 0 saturated heterocycles. The summed E-state index contributed by atoms with van der Waals surface area (Å²) < 4.78 is 25.2. The van der Waals surface area contributed by atoms with E-state index in [4.69, 9.17) is 14.5 Å². The fourth-order valence-electron chi connectivity index (χ4n) is 6.93. The van der Waals surface area contributed by atoms with Crippen LogP contribution in [0.4, 0.5) is 9.18 Å². The highest BCUT2D eigenvalue weighted by Gasteiger charge is 2.50. The van der Waals surface area contributed by atoms with Gasteiger partial charge in [0.1, 0.15) is 5.82 Å². The van der Waals surface area contributed by atoms with Crippen LogP contribution in [-0.2, 0) is 21.8 Å². The van der Waals surface area contributed by atoms with Crippen molar-refractivity contribution >= 4 is 24.3 Å². The molecule has 2 aliphatic rings. The molecule has 0 spiro atoms. The number of carbonyl (C=O) groups excluding carboxylic acids is 1. The van der Waals surface area contributed by atoms with Crippen molar-refractivity contribution in [1.82, 2.24) is 9.80 Å². The SMILES string of the molecule is COC(=O)OC1(CSCc2ccccc2)N=CN(Cc2ccccc2)C1CC1CCC(C(c2cccc(F)c2)N(C)C)CC1. The summed E-state index contributed by atoms with van der Waals surface area (Å²) in [5, 5.41) is 0. The molecule has 0 bridgehead atoms. The lowest BCUT2D eigenvalue weighted by Crippen LogP contribution is -2.51. The topological polar surface area (TPSA) is 54.4 Å².